The Bertz CT molecular complexity index is 510. The minimum absolute atomic E-state index is 0.596. The summed E-state index contributed by atoms with van der Waals surface area (Å²) in [5.74, 6) is 0.601. The van der Waals surface area contributed by atoms with E-state index in [2.05, 4.69) is 68.4 Å². The van der Waals surface area contributed by atoms with Crippen molar-refractivity contribution in [1.29, 1.82) is 0 Å². The first-order valence-electron chi connectivity index (χ1n) is 9.74. The van der Waals surface area contributed by atoms with E-state index in [0.29, 0.717) is 12.0 Å². The zero-order valence-electron chi connectivity index (χ0n) is 16.1. The molecule has 2 rings (SSSR count). The Kier molecular flexibility index (Phi) is 8.01. The molecule has 0 bridgehead atoms. The average Bonchev–Trinajstić information content (AvgIpc) is 2.89. The molecule has 1 aliphatic heterocycles. The monoisotopic (exact) mass is 328 g/mol. The Labute approximate surface area is 149 Å². The van der Waals surface area contributed by atoms with Gasteiger partial charge in [0.05, 0.1) is 0 Å². The van der Waals surface area contributed by atoms with Gasteiger partial charge < -0.3 is 10.2 Å². The van der Waals surface area contributed by atoms with Gasteiger partial charge in [0.25, 0.3) is 0 Å². The zero-order valence-corrected chi connectivity index (χ0v) is 16.1. The molecule has 24 heavy (non-hydrogen) atoms. The second kappa shape index (κ2) is 10.0. The summed E-state index contributed by atoms with van der Waals surface area (Å²) in [6, 6.07) is 0.596. The molecule has 0 aromatic carbocycles. The Hall–Kier alpha value is -1.12. The van der Waals surface area contributed by atoms with Crippen LogP contribution >= 0.6 is 0 Å². The van der Waals surface area contributed by atoms with Crippen molar-refractivity contribution >= 4 is 0 Å². The molecule has 0 amide bonds. The molecule has 0 aromatic rings. The highest BCUT2D eigenvalue weighted by Gasteiger charge is 2.27. The maximum absolute atomic E-state index is 3.90. The molecule has 2 heteroatoms. The largest absolute Gasteiger partial charge is 0.313 e. The van der Waals surface area contributed by atoms with E-state index in [9.17, 15) is 0 Å². The van der Waals surface area contributed by atoms with Gasteiger partial charge in [-0.25, -0.2) is 0 Å². The smallest absolute Gasteiger partial charge is 0.0149 e. The van der Waals surface area contributed by atoms with E-state index in [1.807, 2.05) is 0 Å². The molecule has 2 atom stereocenters. The van der Waals surface area contributed by atoms with E-state index in [4.69, 9.17) is 0 Å². The fraction of sp³-hybridized carbons (Fsp3) is 0.636. The molecule has 2 aliphatic rings. The second-order valence-corrected chi connectivity index (χ2v) is 7.40. The molecule has 2 nitrogen and oxygen atoms in total. The molecule has 2 unspecified atom stereocenters. The summed E-state index contributed by atoms with van der Waals surface area (Å²) in [6.07, 6.45) is 17.6. The molecule has 1 fully saturated rings. The van der Waals surface area contributed by atoms with Crippen LogP contribution in [0.2, 0.25) is 0 Å². The van der Waals surface area contributed by atoms with E-state index < -0.39 is 0 Å². The van der Waals surface area contributed by atoms with Crippen LogP contribution in [-0.2, 0) is 0 Å². The van der Waals surface area contributed by atoms with Crippen molar-refractivity contribution in [3.63, 3.8) is 0 Å². The highest BCUT2D eigenvalue weighted by atomic mass is 15.1. The summed E-state index contributed by atoms with van der Waals surface area (Å²) in [5, 5.41) is 3.90. The van der Waals surface area contributed by atoms with Gasteiger partial charge in [-0.05, 0) is 71.7 Å². The minimum Gasteiger partial charge on any atom is -0.313 e. The van der Waals surface area contributed by atoms with Crippen LogP contribution < -0.4 is 5.32 Å². The van der Waals surface area contributed by atoms with Crippen molar-refractivity contribution in [2.75, 3.05) is 26.7 Å². The van der Waals surface area contributed by atoms with E-state index in [1.54, 1.807) is 5.57 Å². The molecular weight excluding hydrogens is 292 g/mol. The lowest BCUT2D eigenvalue weighted by Crippen LogP contribution is -2.40. The van der Waals surface area contributed by atoms with Crippen LogP contribution in [0.15, 0.2) is 47.1 Å². The van der Waals surface area contributed by atoms with E-state index in [0.717, 1.165) is 19.5 Å². The normalized spacial score (nSPS) is 26.6. The fourth-order valence-corrected chi connectivity index (χ4v) is 3.88. The molecule has 1 N–H and O–H groups in total. The summed E-state index contributed by atoms with van der Waals surface area (Å²) in [7, 11) is 2.27. The van der Waals surface area contributed by atoms with Gasteiger partial charge in [-0.3, -0.25) is 0 Å². The summed E-state index contributed by atoms with van der Waals surface area (Å²) in [4.78, 5) is 2.51. The number of nitrogens with one attached hydrogen (secondary N) is 1. The lowest BCUT2D eigenvalue weighted by atomic mass is 9.88. The van der Waals surface area contributed by atoms with E-state index in [1.165, 1.54) is 43.4 Å². The van der Waals surface area contributed by atoms with Crippen LogP contribution in [0, 0.1) is 5.92 Å². The Morgan fingerprint density at radius 1 is 1.42 bits per heavy atom. The molecular formula is C22H36N2. The van der Waals surface area contributed by atoms with Crippen LogP contribution in [-0.4, -0.2) is 37.6 Å². The molecule has 1 aliphatic carbocycles. The predicted molar refractivity (Wildman–Crippen MR) is 106 cm³/mol. The first-order valence-corrected chi connectivity index (χ1v) is 9.74. The molecule has 0 aromatic heterocycles. The van der Waals surface area contributed by atoms with Crippen molar-refractivity contribution in [2.45, 2.75) is 58.9 Å². The summed E-state index contributed by atoms with van der Waals surface area (Å²) in [5.41, 5.74) is 4.54. The third-order valence-corrected chi connectivity index (χ3v) is 5.52. The predicted octanol–water partition coefficient (Wildman–Crippen LogP) is 4.87. The van der Waals surface area contributed by atoms with Crippen molar-refractivity contribution in [2.24, 2.45) is 5.92 Å². The average molecular weight is 329 g/mol. The van der Waals surface area contributed by atoms with Crippen LogP contribution in [0.25, 0.3) is 0 Å². The van der Waals surface area contributed by atoms with Crippen LogP contribution in [0.4, 0.5) is 0 Å². The highest BCUT2D eigenvalue weighted by molar-refractivity contribution is 5.32. The first-order chi connectivity index (χ1) is 11.6. The Balaban J connectivity index is 2.05. The maximum Gasteiger partial charge on any atom is 0.0149 e. The number of hydrogen-bond acceptors (Lipinski definition) is 2. The Morgan fingerprint density at radius 2 is 2.25 bits per heavy atom. The number of allylic oxidation sites excluding steroid dienone is 6. The van der Waals surface area contributed by atoms with Gasteiger partial charge in [-0.15, -0.1) is 0 Å². The van der Waals surface area contributed by atoms with Gasteiger partial charge >= 0.3 is 0 Å². The molecule has 1 saturated heterocycles. The van der Waals surface area contributed by atoms with Gasteiger partial charge in [-0.2, -0.15) is 0 Å². The van der Waals surface area contributed by atoms with E-state index in [-0.39, 0.29) is 0 Å². The number of hydrogen-bond donors (Lipinski definition) is 1. The van der Waals surface area contributed by atoms with Crippen LogP contribution in [0.3, 0.4) is 0 Å². The first kappa shape index (κ1) is 19.2. The fourth-order valence-electron chi connectivity index (χ4n) is 3.88. The highest BCUT2D eigenvalue weighted by Crippen LogP contribution is 2.27. The standard InChI is InChI=1S/C22H36N2/c1-5-19(6-2)14-15-23-22-11-8-16-24(4)17-21(22)20-10-7-9-18(3)12-13-20/h5,7,9-10,13,21-23H,6,8,11-12,14-17H2,1-4H3/b19-5+. The van der Waals surface area contributed by atoms with Crippen molar-refractivity contribution in [3.05, 3.63) is 47.1 Å². The molecule has 134 valence electrons. The maximum atomic E-state index is 3.90. The van der Waals surface area contributed by atoms with Gasteiger partial charge in [-0.1, -0.05) is 48.5 Å². The van der Waals surface area contributed by atoms with Gasteiger partial charge in [0, 0.05) is 18.5 Å². The number of rotatable bonds is 6. The van der Waals surface area contributed by atoms with Crippen molar-refractivity contribution in [3.8, 4) is 0 Å². The van der Waals surface area contributed by atoms with Crippen molar-refractivity contribution in [1.82, 2.24) is 10.2 Å². The van der Waals surface area contributed by atoms with Gasteiger partial charge in [0.2, 0.25) is 0 Å². The molecule has 0 saturated carbocycles. The number of likely N-dealkylation sites (tertiary alicyclic amines) is 1. The molecule has 0 spiro atoms. The number of nitrogens with zero attached hydrogens (tertiary/aromatic N) is 1. The third kappa shape index (κ3) is 5.75. The van der Waals surface area contributed by atoms with Gasteiger partial charge in [0.1, 0.15) is 0 Å². The minimum atomic E-state index is 0.596. The summed E-state index contributed by atoms with van der Waals surface area (Å²) >= 11 is 0. The third-order valence-electron chi connectivity index (χ3n) is 5.52. The molecule has 1 heterocycles. The quantitative estimate of drug-likeness (QED) is 0.700. The van der Waals surface area contributed by atoms with Crippen molar-refractivity contribution < 1.29 is 0 Å². The van der Waals surface area contributed by atoms with Crippen LogP contribution in [0.1, 0.15) is 52.9 Å². The topological polar surface area (TPSA) is 15.3 Å². The second-order valence-electron chi connectivity index (χ2n) is 7.40. The summed E-state index contributed by atoms with van der Waals surface area (Å²) < 4.78 is 0. The lowest BCUT2D eigenvalue weighted by molar-refractivity contribution is 0.298. The summed E-state index contributed by atoms with van der Waals surface area (Å²) in [6.45, 7) is 10.1. The Morgan fingerprint density at radius 3 is 3.00 bits per heavy atom. The zero-order chi connectivity index (χ0) is 17.4. The van der Waals surface area contributed by atoms with E-state index >= 15 is 0 Å². The van der Waals surface area contributed by atoms with Gasteiger partial charge in [0.15, 0.2) is 0 Å². The molecule has 0 radical (unpaired) electrons. The SMILES string of the molecule is C/C=C(\CC)CCNC1CCCN(C)CC1C1=CCC(C)=CC=C1. The van der Waals surface area contributed by atoms with Crippen LogP contribution in [0.5, 0.6) is 0 Å². The lowest BCUT2D eigenvalue weighted by Gasteiger charge is -2.29.